The Morgan fingerprint density at radius 1 is 1.69 bits per heavy atom. The molecule has 1 rings (SSSR count). The lowest BCUT2D eigenvalue weighted by molar-refractivity contribution is 0.0545. The van der Waals surface area contributed by atoms with Crippen LogP contribution in [0.5, 0.6) is 0 Å². The number of aryl methyl sites for hydroxylation is 1. The van der Waals surface area contributed by atoms with Gasteiger partial charge in [0.05, 0.1) is 7.11 Å². The summed E-state index contributed by atoms with van der Waals surface area (Å²) in [7, 11) is 1.24. The normalized spacial score (nSPS) is 10.0. The molecule has 6 nitrogen and oxygen atoms in total. The Kier molecular flexibility index (Phi) is 3.39. The van der Waals surface area contributed by atoms with Crippen LogP contribution in [-0.2, 0) is 11.2 Å². The molecule has 13 heavy (non-hydrogen) atoms. The molecule has 0 saturated heterocycles. The number of hydrogen-bond donors (Lipinski definition) is 1. The van der Waals surface area contributed by atoms with Crippen LogP contribution in [0.25, 0.3) is 0 Å². The minimum Gasteiger partial charge on any atom is -0.462 e. The van der Waals surface area contributed by atoms with Crippen molar-refractivity contribution >= 4 is 5.97 Å². The fourth-order valence-corrected chi connectivity index (χ4v) is 0.763. The lowest BCUT2D eigenvalue weighted by Gasteiger charge is -1.88. The average Bonchev–Trinajstić information content (AvgIpc) is 2.62. The smallest absolute Gasteiger partial charge is 0.397 e. The van der Waals surface area contributed by atoms with E-state index in [-0.39, 0.29) is 12.5 Å². The van der Waals surface area contributed by atoms with Crippen molar-refractivity contribution in [2.24, 2.45) is 0 Å². The van der Waals surface area contributed by atoms with E-state index in [1.54, 1.807) is 0 Å². The second-order valence-corrected chi connectivity index (χ2v) is 2.33. The number of ether oxygens (including phenoxy) is 1. The van der Waals surface area contributed by atoms with Crippen LogP contribution in [0.3, 0.4) is 0 Å². The number of carbonyl (C=O) groups is 1. The van der Waals surface area contributed by atoms with Gasteiger partial charge in [-0.1, -0.05) is 5.16 Å². The van der Waals surface area contributed by atoms with E-state index in [0.717, 1.165) is 0 Å². The van der Waals surface area contributed by atoms with Crippen LogP contribution in [-0.4, -0.2) is 34.9 Å². The van der Waals surface area contributed by atoms with Crippen molar-refractivity contribution in [2.45, 2.75) is 12.8 Å². The topological polar surface area (TPSA) is 85.5 Å². The van der Waals surface area contributed by atoms with Crippen LogP contribution in [0.1, 0.15) is 22.9 Å². The molecule has 0 unspecified atom stereocenters. The van der Waals surface area contributed by atoms with Crippen LogP contribution < -0.4 is 0 Å². The second kappa shape index (κ2) is 4.56. The summed E-state index contributed by atoms with van der Waals surface area (Å²) in [5, 5.41) is 12.0. The fourth-order valence-electron chi connectivity index (χ4n) is 0.763. The lowest BCUT2D eigenvalue weighted by atomic mass is 10.3. The summed E-state index contributed by atoms with van der Waals surface area (Å²) in [4.78, 5) is 14.6. The number of aliphatic hydroxyl groups excluding tert-OH is 1. The zero-order valence-electron chi connectivity index (χ0n) is 7.19. The molecule has 72 valence electrons. The number of rotatable bonds is 4. The van der Waals surface area contributed by atoms with Gasteiger partial charge >= 0.3 is 11.9 Å². The zero-order chi connectivity index (χ0) is 9.68. The first kappa shape index (κ1) is 9.66. The molecule has 0 spiro atoms. The largest absolute Gasteiger partial charge is 0.462 e. The fraction of sp³-hybridized carbons (Fsp3) is 0.571. The summed E-state index contributed by atoms with van der Waals surface area (Å²) < 4.78 is 8.97. The predicted octanol–water partition coefficient (Wildman–Crippen LogP) is -0.219. The lowest BCUT2D eigenvalue weighted by Crippen LogP contribution is -2.01. The van der Waals surface area contributed by atoms with Crippen LogP contribution in [0.15, 0.2) is 4.52 Å². The van der Waals surface area contributed by atoms with Crippen molar-refractivity contribution in [2.75, 3.05) is 13.7 Å². The van der Waals surface area contributed by atoms with Gasteiger partial charge in [0.2, 0.25) is 0 Å². The number of methoxy groups -OCH3 is 1. The molecule has 0 saturated carbocycles. The van der Waals surface area contributed by atoms with E-state index in [4.69, 9.17) is 5.11 Å². The molecule has 0 amide bonds. The number of nitrogens with zero attached hydrogens (tertiary/aromatic N) is 2. The standard InChI is InChI=1S/C7H10N2O4/c1-12-7(11)6-8-5(9-13-6)3-2-4-10/h10H,2-4H2,1H3. The third kappa shape index (κ3) is 2.51. The van der Waals surface area contributed by atoms with Crippen LogP contribution in [0.4, 0.5) is 0 Å². The minimum atomic E-state index is -0.650. The Morgan fingerprint density at radius 2 is 2.46 bits per heavy atom. The molecular formula is C7H10N2O4. The predicted molar refractivity (Wildman–Crippen MR) is 41.0 cm³/mol. The monoisotopic (exact) mass is 186 g/mol. The number of aromatic nitrogens is 2. The van der Waals surface area contributed by atoms with Crippen molar-refractivity contribution in [1.82, 2.24) is 10.1 Å². The van der Waals surface area contributed by atoms with Gasteiger partial charge in [0.15, 0.2) is 5.82 Å². The van der Waals surface area contributed by atoms with Crippen molar-refractivity contribution in [3.8, 4) is 0 Å². The Bertz CT molecular complexity index is 284. The van der Waals surface area contributed by atoms with Crippen LogP contribution in [0, 0.1) is 0 Å². The summed E-state index contributed by atoms with van der Waals surface area (Å²) in [6.07, 6.45) is 1.02. The molecule has 0 bridgehead atoms. The maximum absolute atomic E-state index is 10.8. The average molecular weight is 186 g/mol. The maximum Gasteiger partial charge on any atom is 0.397 e. The first-order valence-corrected chi connectivity index (χ1v) is 3.79. The van der Waals surface area contributed by atoms with Gasteiger partial charge in [0.1, 0.15) is 0 Å². The summed E-state index contributed by atoms with van der Waals surface area (Å²) in [6, 6.07) is 0. The first-order valence-electron chi connectivity index (χ1n) is 3.79. The quantitative estimate of drug-likeness (QED) is 0.654. The summed E-state index contributed by atoms with van der Waals surface area (Å²) >= 11 is 0. The van der Waals surface area contributed by atoms with Crippen LogP contribution in [0.2, 0.25) is 0 Å². The van der Waals surface area contributed by atoms with Crippen molar-refractivity contribution < 1.29 is 19.2 Å². The van der Waals surface area contributed by atoms with E-state index >= 15 is 0 Å². The van der Waals surface area contributed by atoms with E-state index in [0.29, 0.717) is 18.7 Å². The Balaban J connectivity index is 2.58. The van der Waals surface area contributed by atoms with E-state index in [1.807, 2.05) is 0 Å². The highest BCUT2D eigenvalue weighted by atomic mass is 16.6. The molecule has 0 atom stereocenters. The molecule has 0 fully saturated rings. The maximum atomic E-state index is 10.8. The van der Waals surface area contributed by atoms with Gasteiger partial charge in [-0.05, 0) is 6.42 Å². The second-order valence-electron chi connectivity index (χ2n) is 2.33. The number of esters is 1. The highest BCUT2D eigenvalue weighted by Gasteiger charge is 2.14. The Hall–Kier alpha value is -1.43. The molecule has 0 radical (unpaired) electrons. The first-order chi connectivity index (χ1) is 6.27. The van der Waals surface area contributed by atoms with Gasteiger partial charge in [-0.25, -0.2) is 4.79 Å². The molecule has 6 heteroatoms. The minimum absolute atomic E-state index is 0.0576. The molecule has 0 aromatic carbocycles. The van der Waals surface area contributed by atoms with Crippen molar-refractivity contribution in [3.63, 3.8) is 0 Å². The number of aliphatic hydroxyl groups is 1. The van der Waals surface area contributed by atoms with E-state index < -0.39 is 5.97 Å². The molecule has 1 N–H and O–H groups in total. The SMILES string of the molecule is COC(=O)c1nc(CCCO)no1. The van der Waals surface area contributed by atoms with Gasteiger partial charge in [-0.3, -0.25) is 0 Å². The number of carbonyl (C=O) groups excluding carboxylic acids is 1. The third-order valence-electron chi connectivity index (χ3n) is 1.39. The summed E-state index contributed by atoms with van der Waals surface area (Å²) in [5.74, 6) is -0.410. The Morgan fingerprint density at radius 3 is 3.08 bits per heavy atom. The third-order valence-corrected chi connectivity index (χ3v) is 1.39. The van der Waals surface area contributed by atoms with E-state index in [9.17, 15) is 4.79 Å². The van der Waals surface area contributed by atoms with Crippen molar-refractivity contribution in [3.05, 3.63) is 11.7 Å². The summed E-state index contributed by atoms with van der Waals surface area (Å²) in [6.45, 7) is 0.0576. The molecule has 0 aliphatic rings. The highest BCUT2D eigenvalue weighted by molar-refractivity contribution is 5.83. The van der Waals surface area contributed by atoms with E-state index in [1.165, 1.54) is 7.11 Å². The summed E-state index contributed by atoms with van der Waals surface area (Å²) in [5.41, 5.74) is 0. The van der Waals surface area contributed by atoms with Gasteiger partial charge in [0.25, 0.3) is 0 Å². The molecule has 0 aliphatic carbocycles. The van der Waals surface area contributed by atoms with Gasteiger partial charge in [-0.15, -0.1) is 0 Å². The highest BCUT2D eigenvalue weighted by Crippen LogP contribution is 2.01. The molecular weight excluding hydrogens is 176 g/mol. The molecule has 1 heterocycles. The van der Waals surface area contributed by atoms with Gasteiger partial charge in [-0.2, -0.15) is 4.98 Å². The Labute approximate surface area is 74.5 Å². The van der Waals surface area contributed by atoms with Gasteiger partial charge < -0.3 is 14.4 Å². The van der Waals surface area contributed by atoms with Crippen molar-refractivity contribution in [1.29, 1.82) is 0 Å². The molecule has 1 aromatic heterocycles. The van der Waals surface area contributed by atoms with Crippen LogP contribution >= 0.6 is 0 Å². The zero-order valence-corrected chi connectivity index (χ0v) is 7.19. The number of hydrogen-bond acceptors (Lipinski definition) is 6. The molecule has 0 aliphatic heterocycles. The molecule has 1 aromatic rings. The van der Waals surface area contributed by atoms with E-state index in [2.05, 4.69) is 19.4 Å². The van der Waals surface area contributed by atoms with Gasteiger partial charge in [0, 0.05) is 13.0 Å².